The number of likely N-dealkylation sites (N-methyl/N-ethyl adjacent to an activating group) is 1. The van der Waals surface area contributed by atoms with E-state index in [1.54, 1.807) is 6.33 Å². The van der Waals surface area contributed by atoms with Crippen LogP contribution >= 0.6 is 11.6 Å². The first-order valence-electron chi connectivity index (χ1n) is 7.99. The smallest absolute Gasteiger partial charge is 0.115 e. The largest absolute Gasteiger partial charge is 0.310 e. The minimum atomic E-state index is 0.422. The summed E-state index contributed by atoms with van der Waals surface area (Å²) in [5, 5.41) is 2.03. The van der Waals surface area contributed by atoms with Crippen LogP contribution in [0.15, 0.2) is 36.9 Å². The Morgan fingerprint density at radius 2 is 2.04 bits per heavy atom. The Morgan fingerprint density at radius 3 is 2.78 bits per heavy atom. The van der Waals surface area contributed by atoms with Gasteiger partial charge in [0.2, 0.25) is 0 Å². The van der Waals surface area contributed by atoms with Gasteiger partial charge in [-0.05, 0) is 37.2 Å². The lowest BCUT2D eigenvalue weighted by atomic mass is 9.94. The van der Waals surface area contributed by atoms with Crippen LogP contribution in [-0.2, 0) is 6.42 Å². The van der Waals surface area contributed by atoms with E-state index in [0.717, 1.165) is 30.1 Å². The van der Waals surface area contributed by atoms with Crippen LogP contribution in [0.5, 0.6) is 0 Å². The molecule has 23 heavy (non-hydrogen) atoms. The number of aromatic nitrogens is 3. The molecule has 1 unspecified atom stereocenters. The molecule has 4 nitrogen and oxygen atoms in total. The van der Waals surface area contributed by atoms with Crippen LogP contribution in [0.2, 0.25) is 5.02 Å². The second-order valence-electron chi connectivity index (χ2n) is 6.11. The molecular weight excluding hydrogens is 308 g/mol. The molecule has 1 atom stereocenters. The van der Waals surface area contributed by atoms with Gasteiger partial charge in [-0.1, -0.05) is 18.5 Å². The summed E-state index contributed by atoms with van der Waals surface area (Å²) in [6, 6.07) is 6.58. The molecular formula is C18H19ClN4. The molecule has 118 valence electrons. The summed E-state index contributed by atoms with van der Waals surface area (Å²) < 4.78 is 2.30. The van der Waals surface area contributed by atoms with Gasteiger partial charge in [0.1, 0.15) is 6.33 Å². The third-order valence-electron chi connectivity index (χ3n) is 4.83. The van der Waals surface area contributed by atoms with E-state index in [-0.39, 0.29) is 0 Å². The Kier molecular flexibility index (Phi) is 3.58. The van der Waals surface area contributed by atoms with Crippen LogP contribution < -0.4 is 0 Å². The number of halogens is 1. The first-order valence-corrected chi connectivity index (χ1v) is 8.37. The maximum atomic E-state index is 6.30. The predicted octanol–water partition coefficient (Wildman–Crippen LogP) is 4.01. The Bertz CT molecular complexity index is 856. The van der Waals surface area contributed by atoms with Crippen LogP contribution in [0.1, 0.15) is 30.6 Å². The normalized spacial score (nSPS) is 18.3. The molecule has 3 aromatic rings. The second-order valence-corrected chi connectivity index (χ2v) is 6.55. The van der Waals surface area contributed by atoms with Crippen molar-refractivity contribution < 1.29 is 0 Å². The fourth-order valence-corrected chi connectivity index (χ4v) is 4.01. The molecule has 0 radical (unpaired) electrons. The summed E-state index contributed by atoms with van der Waals surface area (Å²) in [6.45, 7) is 3.30. The Labute approximate surface area is 140 Å². The van der Waals surface area contributed by atoms with Crippen LogP contribution in [0.25, 0.3) is 16.6 Å². The molecule has 0 bridgehead atoms. The Morgan fingerprint density at radius 1 is 1.26 bits per heavy atom. The molecule has 2 aromatic heterocycles. The topological polar surface area (TPSA) is 34.0 Å². The SMILES string of the molecule is CCC1c2c(n(-c3cncnc3)c3ccc(Cl)cc23)CCN1C. The van der Waals surface area contributed by atoms with Crippen molar-refractivity contribution in [1.29, 1.82) is 0 Å². The summed E-state index contributed by atoms with van der Waals surface area (Å²) in [5.41, 5.74) is 4.97. The summed E-state index contributed by atoms with van der Waals surface area (Å²) in [6.07, 6.45) is 7.42. The molecule has 1 aliphatic rings. The van der Waals surface area contributed by atoms with E-state index in [9.17, 15) is 0 Å². The maximum absolute atomic E-state index is 6.30. The van der Waals surface area contributed by atoms with E-state index in [1.807, 2.05) is 18.5 Å². The highest BCUT2D eigenvalue weighted by Crippen LogP contribution is 2.40. The number of fused-ring (bicyclic) bond motifs is 3. The number of rotatable bonds is 2. The first kappa shape index (κ1) is 14.7. The van der Waals surface area contributed by atoms with Crippen molar-refractivity contribution in [3.05, 3.63) is 53.2 Å². The molecule has 3 heterocycles. The van der Waals surface area contributed by atoms with Crippen LogP contribution in [0.3, 0.4) is 0 Å². The van der Waals surface area contributed by atoms with Gasteiger partial charge in [-0.15, -0.1) is 0 Å². The van der Waals surface area contributed by atoms with Crippen molar-refractivity contribution in [3.63, 3.8) is 0 Å². The van der Waals surface area contributed by atoms with Crippen molar-refractivity contribution in [2.24, 2.45) is 0 Å². The van der Waals surface area contributed by atoms with E-state index < -0.39 is 0 Å². The molecule has 4 rings (SSSR count). The summed E-state index contributed by atoms with van der Waals surface area (Å²) in [4.78, 5) is 10.8. The van der Waals surface area contributed by atoms with Gasteiger partial charge in [-0.2, -0.15) is 0 Å². The average molecular weight is 327 g/mol. The number of nitrogens with zero attached hydrogens (tertiary/aromatic N) is 4. The van der Waals surface area contributed by atoms with E-state index in [2.05, 4.69) is 45.5 Å². The number of benzene rings is 1. The molecule has 0 saturated carbocycles. The lowest BCUT2D eigenvalue weighted by molar-refractivity contribution is 0.225. The third kappa shape index (κ3) is 2.25. The molecule has 0 fully saturated rings. The number of hydrogen-bond acceptors (Lipinski definition) is 3. The van der Waals surface area contributed by atoms with Crippen molar-refractivity contribution in [2.45, 2.75) is 25.8 Å². The minimum absolute atomic E-state index is 0.422. The zero-order valence-corrected chi connectivity index (χ0v) is 14.1. The highest BCUT2D eigenvalue weighted by molar-refractivity contribution is 6.31. The maximum Gasteiger partial charge on any atom is 0.115 e. The molecule has 0 aliphatic carbocycles. The summed E-state index contributed by atoms with van der Waals surface area (Å²) in [7, 11) is 2.20. The average Bonchev–Trinajstić information content (AvgIpc) is 2.89. The second kappa shape index (κ2) is 5.62. The lowest BCUT2D eigenvalue weighted by Gasteiger charge is -2.33. The van der Waals surface area contributed by atoms with Gasteiger partial charge in [0, 0.05) is 35.1 Å². The van der Waals surface area contributed by atoms with Crippen LogP contribution in [0, 0.1) is 0 Å². The fraction of sp³-hybridized carbons (Fsp3) is 0.333. The highest BCUT2D eigenvalue weighted by Gasteiger charge is 2.30. The van der Waals surface area contributed by atoms with E-state index in [0.29, 0.717) is 6.04 Å². The zero-order valence-electron chi connectivity index (χ0n) is 13.3. The molecule has 0 amide bonds. The standard InChI is InChI=1S/C18H19ClN4/c1-3-15-18-14-8-12(19)4-5-16(14)23(13-9-20-11-21-10-13)17(18)6-7-22(15)2/h4-5,8-11,15H,3,6-7H2,1-2H3. The molecule has 0 saturated heterocycles. The van der Waals surface area contributed by atoms with Gasteiger partial charge in [-0.25, -0.2) is 9.97 Å². The zero-order chi connectivity index (χ0) is 16.0. The predicted molar refractivity (Wildman–Crippen MR) is 93.2 cm³/mol. The van der Waals surface area contributed by atoms with Gasteiger partial charge >= 0.3 is 0 Å². The van der Waals surface area contributed by atoms with E-state index in [4.69, 9.17) is 11.6 Å². The van der Waals surface area contributed by atoms with Crippen LogP contribution in [0.4, 0.5) is 0 Å². The van der Waals surface area contributed by atoms with Gasteiger partial charge in [0.15, 0.2) is 0 Å². The van der Waals surface area contributed by atoms with Gasteiger partial charge in [0.05, 0.1) is 23.6 Å². The quantitative estimate of drug-likeness (QED) is 0.713. The van der Waals surface area contributed by atoms with Crippen molar-refractivity contribution in [2.75, 3.05) is 13.6 Å². The summed E-state index contributed by atoms with van der Waals surface area (Å²) in [5.74, 6) is 0. The molecule has 0 spiro atoms. The molecule has 0 N–H and O–H groups in total. The fourth-order valence-electron chi connectivity index (χ4n) is 3.83. The minimum Gasteiger partial charge on any atom is -0.310 e. The first-order chi connectivity index (χ1) is 11.2. The monoisotopic (exact) mass is 326 g/mol. The molecule has 1 aromatic carbocycles. The van der Waals surface area contributed by atoms with Gasteiger partial charge in [0.25, 0.3) is 0 Å². The molecule has 5 heteroatoms. The Balaban J connectivity index is 2.08. The summed E-state index contributed by atoms with van der Waals surface area (Å²) >= 11 is 6.30. The van der Waals surface area contributed by atoms with Gasteiger partial charge < -0.3 is 4.57 Å². The van der Waals surface area contributed by atoms with Crippen molar-refractivity contribution >= 4 is 22.5 Å². The van der Waals surface area contributed by atoms with E-state index >= 15 is 0 Å². The molecule has 1 aliphatic heterocycles. The number of hydrogen-bond donors (Lipinski definition) is 0. The lowest BCUT2D eigenvalue weighted by Crippen LogP contribution is -2.32. The van der Waals surface area contributed by atoms with Crippen molar-refractivity contribution in [1.82, 2.24) is 19.4 Å². The van der Waals surface area contributed by atoms with Gasteiger partial charge in [-0.3, -0.25) is 4.90 Å². The van der Waals surface area contributed by atoms with Crippen molar-refractivity contribution in [3.8, 4) is 5.69 Å². The van der Waals surface area contributed by atoms with Crippen LogP contribution in [-0.4, -0.2) is 33.0 Å². The third-order valence-corrected chi connectivity index (χ3v) is 5.06. The Hall–Kier alpha value is -1.91. The van der Waals surface area contributed by atoms with E-state index in [1.165, 1.54) is 22.2 Å². The highest BCUT2D eigenvalue weighted by atomic mass is 35.5.